The highest BCUT2D eigenvalue weighted by Gasteiger charge is 2.06. The van der Waals surface area contributed by atoms with E-state index in [9.17, 15) is 0 Å². The number of halogens is 2. The third-order valence-corrected chi connectivity index (χ3v) is 4.33. The van der Waals surface area contributed by atoms with Crippen LogP contribution in [0.1, 0.15) is 0 Å². The van der Waals surface area contributed by atoms with E-state index in [0.29, 0.717) is 0 Å². The fourth-order valence-corrected chi connectivity index (χ4v) is 2.29. The van der Waals surface area contributed by atoms with Crippen molar-refractivity contribution in [2.24, 2.45) is 0 Å². The smallest absolute Gasteiger partial charge is 0.114 e. The monoisotopic (exact) mass is 332 g/mol. The molecule has 14 heavy (non-hydrogen) atoms. The Hall–Kier alpha value is -0.390. The van der Waals surface area contributed by atoms with Gasteiger partial charge in [0.1, 0.15) is 10.7 Å². The van der Waals surface area contributed by atoms with Gasteiger partial charge in [-0.25, -0.2) is 4.98 Å². The molecule has 1 aromatic heterocycles. The van der Waals surface area contributed by atoms with Gasteiger partial charge in [-0.15, -0.1) is 11.3 Å². The predicted octanol–water partition coefficient (Wildman–Crippen LogP) is 3.92. The van der Waals surface area contributed by atoms with Crippen LogP contribution in [0.25, 0.3) is 11.3 Å². The van der Waals surface area contributed by atoms with E-state index in [-0.39, 0.29) is 0 Å². The number of thiazole rings is 1. The minimum atomic E-state index is 0.749. The summed E-state index contributed by atoms with van der Waals surface area (Å²) in [6.07, 6.45) is 0. The van der Waals surface area contributed by atoms with Crippen LogP contribution in [0.15, 0.2) is 32.7 Å². The van der Waals surface area contributed by atoms with Gasteiger partial charge >= 0.3 is 0 Å². The first-order valence-corrected chi connectivity index (χ1v) is 6.29. The second kappa shape index (κ2) is 4.00. The van der Waals surface area contributed by atoms with E-state index in [1.807, 2.05) is 18.2 Å². The molecule has 0 aliphatic rings. The van der Waals surface area contributed by atoms with Gasteiger partial charge in [0.2, 0.25) is 0 Å². The van der Waals surface area contributed by atoms with Gasteiger partial charge in [-0.1, -0.05) is 6.07 Å². The molecule has 1 heterocycles. The van der Waals surface area contributed by atoms with Crippen LogP contribution in [0.4, 0.5) is 5.00 Å². The average Bonchev–Trinajstić information content (AvgIpc) is 2.57. The third-order valence-electron chi connectivity index (χ3n) is 1.79. The van der Waals surface area contributed by atoms with E-state index < -0.39 is 0 Å². The summed E-state index contributed by atoms with van der Waals surface area (Å²) < 4.78 is 2.03. The molecule has 0 saturated carbocycles. The molecule has 0 aliphatic carbocycles. The third kappa shape index (κ3) is 1.85. The van der Waals surface area contributed by atoms with Crippen molar-refractivity contribution in [2.45, 2.75) is 0 Å². The van der Waals surface area contributed by atoms with Gasteiger partial charge < -0.3 is 5.73 Å². The largest absolute Gasteiger partial charge is 0.389 e. The number of hydrogen-bond donors (Lipinski definition) is 1. The van der Waals surface area contributed by atoms with Gasteiger partial charge in [-0.3, -0.25) is 0 Å². The van der Waals surface area contributed by atoms with Crippen molar-refractivity contribution in [3.05, 3.63) is 32.7 Å². The topological polar surface area (TPSA) is 38.9 Å². The number of nitrogen functional groups attached to an aromatic ring is 1. The zero-order valence-electron chi connectivity index (χ0n) is 7.00. The highest BCUT2D eigenvalue weighted by molar-refractivity contribution is 9.13. The minimum Gasteiger partial charge on any atom is -0.389 e. The SMILES string of the molecule is Nc1scnc1-c1ccc(Br)c(Br)c1. The molecule has 5 heteroatoms. The lowest BCUT2D eigenvalue weighted by Crippen LogP contribution is -1.85. The standard InChI is InChI=1S/C9H6Br2N2S/c10-6-2-1-5(3-7(6)11)8-9(12)14-4-13-8/h1-4H,12H2. The normalized spacial score (nSPS) is 10.4. The molecular weight excluding hydrogens is 328 g/mol. The summed E-state index contributed by atoms with van der Waals surface area (Å²) >= 11 is 8.31. The zero-order chi connectivity index (χ0) is 10.1. The summed E-state index contributed by atoms with van der Waals surface area (Å²) in [6, 6.07) is 5.95. The molecule has 0 saturated heterocycles. The Bertz CT molecular complexity index is 468. The van der Waals surface area contributed by atoms with Crippen LogP contribution in [0, 0.1) is 0 Å². The predicted molar refractivity (Wildman–Crippen MR) is 67.4 cm³/mol. The number of rotatable bonds is 1. The second-order valence-electron chi connectivity index (χ2n) is 2.69. The Morgan fingerprint density at radius 2 is 2.00 bits per heavy atom. The van der Waals surface area contributed by atoms with Crippen molar-refractivity contribution in [2.75, 3.05) is 5.73 Å². The summed E-state index contributed by atoms with van der Waals surface area (Å²) in [5, 5.41) is 0.749. The van der Waals surface area contributed by atoms with Crippen LogP contribution in [0.2, 0.25) is 0 Å². The van der Waals surface area contributed by atoms with E-state index in [1.54, 1.807) is 5.51 Å². The van der Waals surface area contributed by atoms with Gasteiger partial charge in [0, 0.05) is 14.5 Å². The van der Waals surface area contributed by atoms with E-state index in [1.165, 1.54) is 11.3 Å². The molecule has 1 aromatic carbocycles. The molecule has 0 radical (unpaired) electrons. The number of benzene rings is 1. The molecule has 72 valence electrons. The van der Waals surface area contributed by atoms with Crippen molar-refractivity contribution in [1.82, 2.24) is 4.98 Å². The fraction of sp³-hybridized carbons (Fsp3) is 0. The van der Waals surface area contributed by atoms with Crippen molar-refractivity contribution < 1.29 is 0 Å². The van der Waals surface area contributed by atoms with Crippen molar-refractivity contribution in [1.29, 1.82) is 0 Å². The van der Waals surface area contributed by atoms with Crippen LogP contribution >= 0.6 is 43.2 Å². The molecule has 0 atom stereocenters. The van der Waals surface area contributed by atoms with Crippen molar-refractivity contribution >= 4 is 48.2 Å². The van der Waals surface area contributed by atoms with Gasteiger partial charge in [0.15, 0.2) is 0 Å². The maximum atomic E-state index is 5.79. The van der Waals surface area contributed by atoms with Crippen LogP contribution < -0.4 is 5.73 Å². The number of anilines is 1. The molecule has 0 unspecified atom stereocenters. The minimum absolute atomic E-state index is 0.749. The summed E-state index contributed by atoms with van der Waals surface area (Å²) in [5.74, 6) is 0. The number of hydrogen-bond acceptors (Lipinski definition) is 3. The Morgan fingerprint density at radius 3 is 2.57 bits per heavy atom. The maximum Gasteiger partial charge on any atom is 0.114 e. The van der Waals surface area contributed by atoms with Crippen LogP contribution in [-0.4, -0.2) is 4.98 Å². The van der Waals surface area contributed by atoms with Gasteiger partial charge in [0.05, 0.1) is 5.51 Å². The number of nitrogens with zero attached hydrogens (tertiary/aromatic N) is 1. The molecule has 2 N–H and O–H groups in total. The summed E-state index contributed by atoms with van der Waals surface area (Å²) in [6.45, 7) is 0. The molecule has 0 fully saturated rings. The second-order valence-corrected chi connectivity index (χ2v) is 5.29. The quantitative estimate of drug-likeness (QED) is 0.859. The van der Waals surface area contributed by atoms with E-state index in [0.717, 1.165) is 25.2 Å². The molecule has 0 aliphatic heterocycles. The Morgan fingerprint density at radius 1 is 1.21 bits per heavy atom. The fourth-order valence-electron chi connectivity index (χ4n) is 1.12. The van der Waals surface area contributed by atoms with E-state index in [4.69, 9.17) is 5.73 Å². The Kier molecular flexibility index (Phi) is 2.90. The highest BCUT2D eigenvalue weighted by atomic mass is 79.9. The van der Waals surface area contributed by atoms with E-state index in [2.05, 4.69) is 36.8 Å². The zero-order valence-corrected chi connectivity index (χ0v) is 11.0. The van der Waals surface area contributed by atoms with Crippen LogP contribution in [-0.2, 0) is 0 Å². The first-order chi connectivity index (χ1) is 6.68. The van der Waals surface area contributed by atoms with Crippen LogP contribution in [0.5, 0.6) is 0 Å². The molecule has 2 nitrogen and oxygen atoms in total. The number of aromatic nitrogens is 1. The Balaban J connectivity index is 2.53. The first-order valence-electron chi connectivity index (χ1n) is 3.83. The molecule has 2 aromatic rings. The first kappa shape index (κ1) is 10.1. The molecule has 0 amide bonds. The van der Waals surface area contributed by atoms with Gasteiger partial charge in [-0.2, -0.15) is 0 Å². The van der Waals surface area contributed by atoms with Crippen LogP contribution in [0.3, 0.4) is 0 Å². The van der Waals surface area contributed by atoms with Crippen molar-refractivity contribution in [3.63, 3.8) is 0 Å². The molecule has 0 spiro atoms. The lowest BCUT2D eigenvalue weighted by atomic mass is 10.2. The Labute approximate surface area is 102 Å². The van der Waals surface area contributed by atoms with Crippen molar-refractivity contribution in [3.8, 4) is 11.3 Å². The molecular formula is C9H6Br2N2S. The highest BCUT2D eigenvalue weighted by Crippen LogP contribution is 2.32. The lowest BCUT2D eigenvalue weighted by molar-refractivity contribution is 1.40. The average molecular weight is 334 g/mol. The lowest BCUT2D eigenvalue weighted by Gasteiger charge is -2.01. The maximum absolute atomic E-state index is 5.79. The summed E-state index contributed by atoms with van der Waals surface area (Å²) in [7, 11) is 0. The summed E-state index contributed by atoms with van der Waals surface area (Å²) in [4.78, 5) is 4.21. The number of nitrogens with two attached hydrogens (primary N) is 1. The summed E-state index contributed by atoms with van der Waals surface area (Å²) in [5.41, 5.74) is 9.42. The molecule has 0 bridgehead atoms. The van der Waals surface area contributed by atoms with Gasteiger partial charge in [0.25, 0.3) is 0 Å². The van der Waals surface area contributed by atoms with E-state index >= 15 is 0 Å². The van der Waals surface area contributed by atoms with Gasteiger partial charge in [-0.05, 0) is 44.0 Å². The molecule has 2 rings (SSSR count).